The number of aliphatic hydroxyl groups is 1. The summed E-state index contributed by atoms with van der Waals surface area (Å²) in [4.78, 5) is 10.4. The molecule has 0 fully saturated rings. The van der Waals surface area contributed by atoms with Crippen LogP contribution in [-0.4, -0.2) is 23.2 Å². The molecule has 1 rings (SSSR count). The minimum atomic E-state index is -0.510. The molecule has 0 aromatic heterocycles. The van der Waals surface area contributed by atoms with Crippen LogP contribution in [0, 0.1) is 15.5 Å². The van der Waals surface area contributed by atoms with E-state index in [1.54, 1.807) is 12.1 Å². The summed E-state index contributed by atoms with van der Waals surface area (Å²) in [7, 11) is 0. The van der Waals surface area contributed by atoms with Gasteiger partial charge in [-0.2, -0.15) is 0 Å². The van der Waals surface area contributed by atoms with Crippen LogP contribution >= 0.6 is 0 Å². The number of hydrogen-bond donors (Lipinski definition) is 3. The van der Waals surface area contributed by atoms with Gasteiger partial charge < -0.3 is 16.2 Å². The number of nitrogens with one attached hydrogen (secondary N) is 1. The van der Waals surface area contributed by atoms with E-state index in [9.17, 15) is 10.1 Å². The maximum Gasteiger partial charge on any atom is 0.314 e. The van der Waals surface area contributed by atoms with Crippen LogP contribution in [0.25, 0.3) is 0 Å². The molecule has 1 aromatic rings. The maximum atomic E-state index is 10.9. The molecule has 0 bridgehead atoms. The lowest BCUT2D eigenvalue weighted by molar-refractivity contribution is -0.383. The Morgan fingerprint density at radius 2 is 2.18 bits per heavy atom. The third-order valence-electron chi connectivity index (χ3n) is 2.44. The van der Waals surface area contributed by atoms with Crippen molar-refractivity contribution in [2.75, 3.05) is 24.2 Å². The van der Waals surface area contributed by atoms with E-state index in [0.29, 0.717) is 12.2 Å². The first-order chi connectivity index (χ1) is 7.87. The summed E-state index contributed by atoms with van der Waals surface area (Å²) in [6, 6.07) is 4.74. The molecule has 6 heteroatoms. The van der Waals surface area contributed by atoms with Gasteiger partial charge in [-0.1, -0.05) is 19.9 Å². The Bertz CT molecular complexity index is 418. The first kappa shape index (κ1) is 13.2. The van der Waals surface area contributed by atoms with Gasteiger partial charge in [-0.3, -0.25) is 10.1 Å². The lowest BCUT2D eigenvalue weighted by Gasteiger charge is -2.22. The minimum Gasteiger partial charge on any atom is -0.396 e. The minimum absolute atomic E-state index is 0.00386. The predicted octanol–water partition coefficient (Wildman–Crippen LogP) is 1.61. The highest BCUT2D eigenvalue weighted by Crippen LogP contribution is 2.31. The molecule has 17 heavy (non-hydrogen) atoms. The van der Waals surface area contributed by atoms with Gasteiger partial charge in [0, 0.05) is 18.6 Å². The predicted molar refractivity (Wildman–Crippen MR) is 66.9 cm³/mol. The fourth-order valence-corrected chi connectivity index (χ4v) is 1.30. The summed E-state index contributed by atoms with van der Waals surface area (Å²) >= 11 is 0. The van der Waals surface area contributed by atoms with Crippen molar-refractivity contribution in [3.63, 3.8) is 0 Å². The molecule has 0 saturated heterocycles. The molecule has 94 valence electrons. The summed E-state index contributed by atoms with van der Waals surface area (Å²) in [6.07, 6.45) is 0. The zero-order valence-corrected chi connectivity index (χ0v) is 9.93. The van der Waals surface area contributed by atoms with E-state index < -0.39 is 4.92 Å². The highest BCUT2D eigenvalue weighted by molar-refractivity contribution is 5.74. The number of aliphatic hydroxyl groups excluding tert-OH is 1. The number of hydrogen-bond acceptors (Lipinski definition) is 5. The van der Waals surface area contributed by atoms with Gasteiger partial charge in [-0.25, -0.2) is 0 Å². The summed E-state index contributed by atoms with van der Waals surface area (Å²) < 4.78 is 0. The van der Waals surface area contributed by atoms with E-state index in [1.807, 2.05) is 13.8 Å². The molecule has 0 atom stereocenters. The molecule has 0 unspecified atom stereocenters. The standard InChI is InChI=1S/C11H17N3O3/c1-11(2,7-15)6-13-9-5-3-4-8(12)10(9)14(16)17/h3-5,13,15H,6-7,12H2,1-2H3. The average Bonchev–Trinajstić information content (AvgIpc) is 2.26. The van der Waals surface area contributed by atoms with Crippen LogP contribution in [0.1, 0.15) is 13.8 Å². The van der Waals surface area contributed by atoms with Crippen LogP contribution in [0.5, 0.6) is 0 Å². The van der Waals surface area contributed by atoms with Gasteiger partial charge in [0.1, 0.15) is 11.4 Å². The van der Waals surface area contributed by atoms with Crippen LogP contribution < -0.4 is 11.1 Å². The molecule has 0 amide bonds. The van der Waals surface area contributed by atoms with Crippen molar-refractivity contribution in [2.45, 2.75) is 13.8 Å². The number of nitro groups is 1. The van der Waals surface area contributed by atoms with Crippen LogP contribution in [0.3, 0.4) is 0 Å². The molecule has 0 heterocycles. The second-order valence-corrected chi connectivity index (χ2v) is 4.68. The highest BCUT2D eigenvalue weighted by Gasteiger charge is 2.21. The van der Waals surface area contributed by atoms with E-state index in [0.717, 1.165) is 0 Å². The summed E-state index contributed by atoms with van der Waals surface area (Å²) in [5, 5.41) is 22.9. The van der Waals surface area contributed by atoms with Gasteiger partial charge >= 0.3 is 5.69 Å². The lowest BCUT2D eigenvalue weighted by Crippen LogP contribution is -2.27. The Kier molecular flexibility index (Phi) is 3.90. The molecular formula is C11H17N3O3. The summed E-state index contributed by atoms with van der Waals surface area (Å²) in [5.41, 5.74) is 5.59. The van der Waals surface area contributed by atoms with Crippen LogP contribution in [-0.2, 0) is 0 Å². The fraction of sp³-hybridized carbons (Fsp3) is 0.455. The third kappa shape index (κ3) is 3.32. The number of rotatable bonds is 5. The van der Waals surface area contributed by atoms with E-state index >= 15 is 0 Å². The van der Waals surface area contributed by atoms with Gasteiger partial charge in [0.25, 0.3) is 0 Å². The molecule has 0 aliphatic carbocycles. The van der Waals surface area contributed by atoms with Gasteiger partial charge in [-0.05, 0) is 12.1 Å². The Hall–Kier alpha value is -1.82. The molecule has 1 aromatic carbocycles. The monoisotopic (exact) mass is 239 g/mol. The van der Waals surface area contributed by atoms with E-state index in [-0.39, 0.29) is 23.4 Å². The van der Waals surface area contributed by atoms with Crippen molar-refractivity contribution in [3.8, 4) is 0 Å². The van der Waals surface area contributed by atoms with Crippen molar-refractivity contribution in [1.82, 2.24) is 0 Å². The third-order valence-corrected chi connectivity index (χ3v) is 2.44. The van der Waals surface area contributed by atoms with Crippen molar-refractivity contribution < 1.29 is 10.0 Å². The van der Waals surface area contributed by atoms with Crippen LogP contribution in [0.15, 0.2) is 18.2 Å². The van der Waals surface area contributed by atoms with Crippen molar-refractivity contribution >= 4 is 17.1 Å². The molecule has 0 saturated carbocycles. The van der Waals surface area contributed by atoms with Crippen LogP contribution in [0.4, 0.5) is 17.1 Å². The Morgan fingerprint density at radius 1 is 1.53 bits per heavy atom. The topological polar surface area (TPSA) is 101 Å². The lowest BCUT2D eigenvalue weighted by atomic mass is 9.95. The summed E-state index contributed by atoms with van der Waals surface area (Å²) in [6.45, 7) is 4.14. The second-order valence-electron chi connectivity index (χ2n) is 4.68. The van der Waals surface area contributed by atoms with Crippen LogP contribution in [0.2, 0.25) is 0 Å². The number of anilines is 2. The molecular weight excluding hydrogens is 222 g/mol. The molecule has 4 N–H and O–H groups in total. The van der Waals surface area contributed by atoms with Gasteiger partial charge in [0.2, 0.25) is 0 Å². The molecule has 0 spiro atoms. The first-order valence-electron chi connectivity index (χ1n) is 5.25. The van der Waals surface area contributed by atoms with Crippen molar-refractivity contribution in [2.24, 2.45) is 5.41 Å². The molecule has 0 aliphatic heterocycles. The quantitative estimate of drug-likeness (QED) is 0.411. The Morgan fingerprint density at radius 3 is 2.71 bits per heavy atom. The number of nitrogens with zero attached hydrogens (tertiary/aromatic N) is 1. The van der Waals surface area contributed by atoms with E-state index in [4.69, 9.17) is 10.8 Å². The Balaban J connectivity index is 2.92. The SMILES string of the molecule is CC(C)(CO)CNc1cccc(N)c1[N+](=O)[O-]. The average molecular weight is 239 g/mol. The molecule has 6 nitrogen and oxygen atoms in total. The first-order valence-corrected chi connectivity index (χ1v) is 5.25. The smallest absolute Gasteiger partial charge is 0.314 e. The highest BCUT2D eigenvalue weighted by atomic mass is 16.6. The molecule has 0 aliphatic rings. The fourth-order valence-electron chi connectivity index (χ4n) is 1.30. The van der Waals surface area contributed by atoms with Gasteiger partial charge in [-0.15, -0.1) is 0 Å². The number of nitro benzene ring substituents is 1. The summed E-state index contributed by atoms with van der Waals surface area (Å²) in [5.74, 6) is 0. The number of benzene rings is 1. The van der Waals surface area contributed by atoms with Gasteiger partial charge in [0.05, 0.1) is 4.92 Å². The number of para-hydroxylation sites is 1. The number of nitrogen functional groups attached to an aromatic ring is 1. The molecule has 0 radical (unpaired) electrons. The Labute approximate surface area is 99.6 Å². The van der Waals surface area contributed by atoms with Crippen molar-refractivity contribution in [1.29, 1.82) is 0 Å². The van der Waals surface area contributed by atoms with Gasteiger partial charge in [0.15, 0.2) is 0 Å². The largest absolute Gasteiger partial charge is 0.396 e. The number of nitrogens with two attached hydrogens (primary N) is 1. The van der Waals surface area contributed by atoms with Crippen molar-refractivity contribution in [3.05, 3.63) is 28.3 Å². The maximum absolute atomic E-state index is 10.9. The van der Waals surface area contributed by atoms with E-state index in [2.05, 4.69) is 5.32 Å². The zero-order valence-electron chi connectivity index (χ0n) is 9.93. The second kappa shape index (κ2) is 5.01. The normalized spacial score (nSPS) is 11.2. The van der Waals surface area contributed by atoms with E-state index in [1.165, 1.54) is 6.07 Å². The zero-order chi connectivity index (χ0) is 13.1.